The number of nitrogens with zero attached hydrogens (tertiary/aromatic N) is 4. The number of nitrogens with one attached hydrogen (secondary N) is 1. The second-order valence-electron chi connectivity index (χ2n) is 7.46. The van der Waals surface area contributed by atoms with E-state index in [4.69, 9.17) is 4.74 Å². The Bertz CT molecular complexity index is 863. The number of aromatic amines is 1. The van der Waals surface area contributed by atoms with Crippen LogP contribution in [0.5, 0.6) is 0 Å². The Balaban J connectivity index is 1.57. The smallest absolute Gasteiger partial charge is 0.214 e. The van der Waals surface area contributed by atoms with E-state index < -0.39 is 10.0 Å². The van der Waals surface area contributed by atoms with Crippen LogP contribution in [0.1, 0.15) is 26.2 Å². The minimum atomic E-state index is -3.26. The van der Waals surface area contributed by atoms with E-state index >= 15 is 0 Å². The summed E-state index contributed by atoms with van der Waals surface area (Å²) in [5, 5.41) is 0.989. The maximum atomic E-state index is 12.7. The van der Waals surface area contributed by atoms with Gasteiger partial charge in [-0.2, -0.15) is 0 Å². The molecule has 27 heavy (non-hydrogen) atoms. The highest BCUT2D eigenvalue weighted by Crippen LogP contribution is 2.36. The van der Waals surface area contributed by atoms with Crippen molar-refractivity contribution in [1.29, 1.82) is 0 Å². The fourth-order valence-electron chi connectivity index (χ4n) is 3.63. The molecule has 2 aromatic rings. The summed E-state index contributed by atoms with van der Waals surface area (Å²) >= 11 is 0. The molecule has 3 rings (SSSR count). The molecule has 2 aromatic heterocycles. The van der Waals surface area contributed by atoms with Gasteiger partial charge < -0.3 is 14.6 Å². The summed E-state index contributed by atoms with van der Waals surface area (Å²) in [6.07, 6.45) is 5.82. The van der Waals surface area contributed by atoms with E-state index in [1.165, 1.54) is 4.31 Å². The number of rotatable bonds is 9. The normalized spacial score (nSPS) is 21.4. The first-order valence-corrected chi connectivity index (χ1v) is 10.9. The average Bonchev–Trinajstić information content (AvgIpc) is 3.09. The van der Waals surface area contributed by atoms with E-state index in [9.17, 15) is 8.42 Å². The van der Waals surface area contributed by atoms with Gasteiger partial charge in [0.1, 0.15) is 17.8 Å². The van der Waals surface area contributed by atoms with Crippen molar-refractivity contribution in [3.63, 3.8) is 0 Å². The van der Waals surface area contributed by atoms with E-state index in [0.29, 0.717) is 19.1 Å². The number of hydrogen-bond donors (Lipinski definition) is 1. The molecule has 0 bridgehead atoms. The Hall–Kier alpha value is -1.71. The summed E-state index contributed by atoms with van der Waals surface area (Å²) in [6, 6.07) is 2.21. The summed E-state index contributed by atoms with van der Waals surface area (Å²) in [7, 11) is 2.05. The maximum Gasteiger partial charge on any atom is 0.214 e. The minimum absolute atomic E-state index is 0.0589. The van der Waals surface area contributed by atoms with Crippen molar-refractivity contribution < 1.29 is 13.2 Å². The fraction of sp³-hybridized carbons (Fsp3) is 0.667. The molecule has 1 unspecified atom stereocenters. The number of anilines is 1. The third-order valence-electron chi connectivity index (χ3n) is 5.67. The van der Waals surface area contributed by atoms with Gasteiger partial charge in [-0.1, -0.05) is 0 Å². The SMILES string of the molecule is COCCC(C)N(C)S(=O)(=O)CC1CC(N(C)c2ncnc3[nH]ccc23)C1. The second kappa shape index (κ2) is 8.12. The molecule has 1 aliphatic rings. The summed E-state index contributed by atoms with van der Waals surface area (Å²) in [4.78, 5) is 13.9. The van der Waals surface area contributed by atoms with Gasteiger partial charge in [-0.25, -0.2) is 22.7 Å². The van der Waals surface area contributed by atoms with Crippen LogP contribution in [0.25, 0.3) is 11.0 Å². The van der Waals surface area contributed by atoms with Crippen LogP contribution in [0.4, 0.5) is 5.82 Å². The van der Waals surface area contributed by atoms with Crippen molar-refractivity contribution in [2.24, 2.45) is 5.92 Å². The zero-order valence-electron chi connectivity index (χ0n) is 16.4. The number of fused-ring (bicyclic) bond motifs is 1. The van der Waals surface area contributed by atoms with E-state index in [2.05, 4.69) is 19.9 Å². The topological polar surface area (TPSA) is 91.4 Å². The van der Waals surface area contributed by atoms with Crippen LogP contribution in [0.15, 0.2) is 18.6 Å². The number of hydrogen-bond acceptors (Lipinski definition) is 6. The predicted molar refractivity (Wildman–Crippen MR) is 106 cm³/mol. The highest BCUT2D eigenvalue weighted by Gasteiger charge is 2.37. The molecular weight excluding hydrogens is 366 g/mol. The molecular formula is C18H29N5O3S. The van der Waals surface area contributed by atoms with E-state index in [1.807, 2.05) is 26.2 Å². The van der Waals surface area contributed by atoms with Crippen LogP contribution in [-0.4, -0.2) is 73.3 Å². The highest BCUT2D eigenvalue weighted by atomic mass is 32.2. The molecule has 0 aromatic carbocycles. The molecule has 1 N–H and O–H groups in total. The molecule has 0 spiro atoms. The van der Waals surface area contributed by atoms with E-state index in [0.717, 1.165) is 29.7 Å². The summed E-state index contributed by atoms with van der Waals surface area (Å²) in [5.41, 5.74) is 0.817. The third-order valence-corrected chi connectivity index (χ3v) is 7.80. The Morgan fingerprint density at radius 2 is 2.07 bits per heavy atom. The summed E-state index contributed by atoms with van der Waals surface area (Å²) < 4.78 is 31.9. The third kappa shape index (κ3) is 4.25. The van der Waals surface area contributed by atoms with Crippen molar-refractivity contribution in [3.8, 4) is 0 Å². The van der Waals surface area contributed by atoms with E-state index in [-0.39, 0.29) is 17.7 Å². The number of methoxy groups -OCH3 is 1. The Morgan fingerprint density at radius 1 is 1.33 bits per heavy atom. The molecule has 0 aliphatic heterocycles. The molecule has 1 atom stereocenters. The van der Waals surface area contributed by atoms with Crippen molar-refractivity contribution in [2.45, 2.75) is 38.3 Å². The monoisotopic (exact) mass is 395 g/mol. The lowest BCUT2D eigenvalue weighted by atomic mass is 9.81. The molecule has 0 amide bonds. The van der Waals surface area contributed by atoms with E-state index in [1.54, 1.807) is 20.5 Å². The lowest BCUT2D eigenvalue weighted by Crippen LogP contribution is -2.47. The van der Waals surface area contributed by atoms with Gasteiger partial charge >= 0.3 is 0 Å². The van der Waals surface area contributed by atoms with Crippen LogP contribution in [0.3, 0.4) is 0 Å². The molecule has 0 saturated heterocycles. The molecule has 150 valence electrons. The largest absolute Gasteiger partial charge is 0.385 e. The van der Waals surface area contributed by atoms with Gasteiger partial charge in [0.05, 0.1) is 11.1 Å². The quantitative estimate of drug-likeness (QED) is 0.697. The summed E-state index contributed by atoms with van der Waals surface area (Å²) in [5.74, 6) is 1.27. The second-order valence-corrected chi connectivity index (χ2v) is 9.54. The lowest BCUT2D eigenvalue weighted by molar-refractivity contribution is 0.174. The Kier molecular flexibility index (Phi) is 6.02. The summed E-state index contributed by atoms with van der Waals surface area (Å²) in [6.45, 7) is 2.48. The van der Waals surface area contributed by atoms with Crippen molar-refractivity contribution in [3.05, 3.63) is 18.6 Å². The van der Waals surface area contributed by atoms with Crippen LogP contribution in [0, 0.1) is 5.92 Å². The van der Waals surface area contributed by atoms with Gasteiger partial charge in [0.15, 0.2) is 0 Å². The standard InChI is InChI=1S/C18H29N5O3S/c1-13(6-8-26-4)23(3)27(24,25)11-14-9-15(10-14)22(2)18-16-5-7-19-17(16)20-12-21-18/h5,7,12-15H,6,8-11H2,1-4H3,(H,19,20,21). The number of H-pyrrole nitrogens is 1. The Morgan fingerprint density at radius 3 is 2.78 bits per heavy atom. The molecule has 1 fully saturated rings. The molecule has 0 radical (unpaired) electrons. The van der Waals surface area contributed by atoms with Gasteiger partial charge in [0.2, 0.25) is 10.0 Å². The van der Waals surface area contributed by atoms with Gasteiger partial charge in [-0.05, 0) is 38.2 Å². The fourth-order valence-corrected chi connectivity index (χ4v) is 5.38. The number of ether oxygens (including phenoxy) is 1. The molecule has 1 aliphatic carbocycles. The highest BCUT2D eigenvalue weighted by molar-refractivity contribution is 7.89. The first-order chi connectivity index (χ1) is 12.8. The molecule has 8 nitrogen and oxygen atoms in total. The van der Waals surface area contributed by atoms with Crippen LogP contribution in [0.2, 0.25) is 0 Å². The lowest BCUT2D eigenvalue weighted by Gasteiger charge is -2.42. The minimum Gasteiger partial charge on any atom is -0.385 e. The van der Waals surface area contributed by atoms with Crippen LogP contribution < -0.4 is 4.90 Å². The molecule has 2 heterocycles. The van der Waals surface area contributed by atoms with Gasteiger partial charge in [-0.3, -0.25) is 0 Å². The first-order valence-electron chi connectivity index (χ1n) is 9.29. The van der Waals surface area contributed by atoms with Crippen molar-refractivity contribution in [1.82, 2.24) is 19.3 Å². The average molecular weight is 396 g/mol. The zero-order chi connectivity index (χ0) is 19.6. The van der Waals surface area contributed by atoms with Crippen molar-refractivity contribution >= 4 is 26.9 Å². The number of sulfonamides is 1. The van der Waals surface area contributed by atoms with Gasteiger partial charge in [-0.15, -0.1) is 0 Å². The molecule has 9 heteroatoms. The molecule has 1 saturated carbocycles. The number of aromatic nitrogens is 3. The first kappa shape index (κ1) is 20.0. The van der Waals surface area contributed by atoms with Gasteiger partial charge in [0, 0.05) is 46.1 Å². The zero-order valence-corrected chi connectivity index (χ0v) is 17.2. The van der Waals surface area contributed by atoms with Gasteiger partial charge in [0.25, 0.3) is 0 Å². The maximum absolute atomic E-state index is 12.7. The van der Waals surface area contributed by atoms with Crippen LogP contribution >= 0.6 is 0 Å². The van der Waals surface area contributed by atoms with Crippen LogP contribution in [-0.2, 0) is 14.8 Å². The Labute approximate surface area is 161 Å². The van der Waals surface area contributed by atoms with Crippen molar-refractivity contribution in [2.75, 3.05) is 38.5 Å². The predicted octanol–water partition coefficient (Wildman–Crippen LogP) is 1.86.